The van der Waals surface area contributed by atoms with Crippen molar-refractivity contribution in [2.75, 3.05) is 0 Å². The van der Waals surface area contributed by atoms with E-state index in [1.807, 2.05) is 0 Å². The molecule has 1 radical (unpaired) electrons. The molecule has 0 aliphatic heterocycles. The summed E-state index contributed by atoms with van der Waals surface area (Å²) < 4.78 is 0. The Morgan fingerprint density at radius 3 is 0.429 bits per heavy atom. The minimum atomic E-state index is 0. The Labute approximate surface area is 61.7 Å². The summed E-state index contributed by atoms with van der Waals surface area (Å²) in [5.41, 5.74) is 0. The molecule has 0 aromatic heterocycles. The average molecular weight is 199 g/mol. The second-order valence-electron chi connectivity index (χ2n) is 0. The summed E-state index contributed by atoms with van der Waals surface area (Å²) in [5.74, 6) is 0. The van der Waals surface area contributed by atoms with Gasteiger partial charge in [0.25, 0.3) is 0 Å². The number of hydrogen-bond donors (Lipinski definition) is 0. The van der Waals surface area contributed by atoms with Crippen molar-refractivity contribution in [3.63, 3.8) is 0 Å². The van der Waals surface area contributed by atoms with Gasteiger partial charge in [-0.25, -0.2) is 0 Å². The van der Waals surface area contributed by atoms with Gasteiger partial charge in [0.15, 0.2) is 0 Å². The van der Waals surface area contributed by atoms with E-state index in [0.29, 0.717) is 0 Å². The first-order valence-corrected chi connectivity index (χ1v) is 0. The molecule has 0 fully saturated rings. The van der Waals surface area contributed by atoms with Gasteiger partial charge in [-0.3, -0.25) is 0 Å². The standard InChI is InChI=1S/Co.Mn.5H2O/h;;5*1H2/q+3;+2;;;;;/p-5. The van der Waals surface area contributed by atoms with Crippen molar-refractivity contribution in [3.8, 4) is 0 Å². The second-order valence-corrected chi connectivity index (χ2v) is 0. The quantitative estimate of drug-likeness (QED) is 0.463. The van der Waals surface area contributed by atoms with Crippen LogP contribution in [0, 0.1) is 0 Å². The largest absolute Gasteiger partial charge is 3.00 e. The maximum atomic E-state index is 0. The normalized spacial score (nSPS) is 0. The molecule has 0 bridgehead atoms. The van der Waals surface area contributed by atoms with Gasteiger partial charge >= 0.3 is 33.8 Å². The molecular formula is H5CoMnO5. The molecule has 0 aromatic carbocycles. The van der Waals surface area contributed by atoms with Gasteiger partial charge in [0, 0.05) is 0 Å². The van der Waals surface area contributed by atoms with Gasteiger partial charge in [0.2, 0.25) is 0 Å². The molecule has 0 aromatic rings. The zero-order valence-corrected chi connectivity index (χ0v) is 5.17. The average Bonchev–Trinajstić information content (AvgIpc) is 0. The van der Waals surface area contributed by atoms with Crippen molar-refractivity contribution in [2.24, 2.45) is 0 Å². The third-order valence-corrected chi connectivity index (χ3v) is 0. The third kappa shape index (κ3) is 233. The third-order valence-electron chi connectivity index (χ3n) is 0. The first kappa shape index (κ1) is 534. The van der Waals surface area contributed by atoms with Crippen molar-refractivity contribution in [2.45, 2.75) is 0 Å². The van der Waals surface area contributed by atoms with Crippen molar-refractivity contribution in [3.05, 3.63) is 0 Å². The van der Waals surface area contributed by atoms with Crippen LogP contribution in [0.25, 0.3) is 0 Å². The van der Waals surface area contributed by atoms with Crippen LogP contribution in [0.15, 0.2) is 0 Å². The summed E-state index contributed by atoms with van der Waals surface area (Å²) in [7, 11) is 0. The summed E-state index contributed by atoms with van der Waals surface area (Å²) >= 11 is 0. The summed E-state index contributed by atoms with van der Waals surface area (Å²) in [4.78, 5) is 0. The Bertz CT molecular complexity index is 8.04. The van der Waals surface area contributed by atoms with E-state index < -0.39 is 0 Å². The van der Waals surface area contributed by atoms with Crippen LogP contribution in [-0.4, -0.2) is 27.4 Å². The summed E-state index contributed by atoms with van der Waals surface area (Å²) in [6.45, 7) is 0. The predicted molar refractivity (Wildman–Crippen MR) is 9.68 cm³/mol. The van der Waals surface area contributed by atoms with Gasteiger partial charge in [0.1, 0.15) is 0 Å². The molecule has 0 rings (SSSR count). The fourth-order valence-corrected chi connectivity index (χ4v) is 0. The van der Waals surface area contributed by atoms with Crippen LogP contribution in [0.4, 0.5) is 0 Å². The summed E-state index contributed by atoms with van der Waals surface area (Å²) in [6.07, 6.45) is 0. The number of rotatable bonds is 0. The second kappa shape index (κ2) is 340. The summed E-state index contributed by atoms with van der Waals surface area (Å²) in [6, 6.07) is 0. The first-order valence-electron chi connectivity index (χ1n) is 0. The van der Waals surface area contributed by atoms with E-state index in [0.717, 1.165) is 0 Å². The van der Waals surface area contributed by atoms with Crippen LogP contribution in [0.5, 0.6) is 0 Å². The van der Waals surface area contributed by atoms with Gasteiger partial charge in [-0.2, -0.15) is 0 Å². The van der Waals surface area contributed by atoms with Crippen LogP contribution in [0.2, 0.25) is 0 Å². The van der Waals surface area contributed by atoms with E-state index in [9.17, 15) is 0 Å². The van der Waals surface area contributed by atoms with Crippen LogP contribution < -0.4 is 0 Å². The van der Waals surface area contributed by atoms with Crippen LogP contribution in [0.3, 0.4) is 0 Å². The smallest absolute Gasteiger partial charge is 0.870 e. The predicted octanol–water partition coefficient (Wildman–Crippen LogP) is -0.889. The molecule has 0 spiro atoms. The van der Waals surface area contributed by atoms with E-state index in [1.54, 1.807) is 0 Å². The fraction of sp³-hybridized carbons (Fsp3) is 0. The maximum absolute atomic E-state index is 0. The van der Waals surface area contributed by atoms with E-state index in [-0.39, 0.29) is 61.2 Å². The summed E-state index contributed by atoms with van der Waals surface area (Å²) in [5, 5.41) is 0. The Balaban J connectivity index is 0. The molecule has 0 unspecified atom stereocenters. The molecule has 7 heavy (non-hydrogen) atoms. The molecule has 7 heteroatoms. The topological polar surface area (TPSA) is 150 Å². The molecule has 5 nitrogen and oxygen atoms in total. The molecule has 51 valence electrons. The molecule has 0 saturated carbocycles. The van der Waals surface area contributed by atoms with Crippen molar-refractivity contribution in [1.29, 1.82) is 0 Å². The first-order chi connectivity index (χ1) is 0. The van der Waals surface area contributed by atoms with E-state index in [4.69, 9.17) is 0 Å². The minimum absolute atomic E-state index is 0. The van der Waals surface area contributed by atoms with Gasteiger partial charge in [-0.1, -0.05) is 0 Å². The molecular weight excluding hydrogens is 194 g/mol. The maximum Gasteiger partial charge on any atom is 3.00 e. The Morgan fingerprint density at radius 2 is 0.429 bits per heavy atom. The van der Waals surface area contributed by atoms with Crippen molar-refractivity contribution in [1.82, 2.24) is 0 Å². The van der Waals surface area contributed by atoms with Gasteiger partial charge in [0.05, 0.1) is 0 Å². The van der Waals surface area contributed by atoms with Crippen LogP contribution in [-0.2, 0) is 33.8 Å². The van der Waals surface area contributed by atoms with E-state index in [1.165, 1.54) is 0 Å². The Kier molecular flexibility index (Phi) is 25900. The van der Waals surface area contributed by atoms with Gasteiger partial charge in [-0.05, 0) is 0 Å². The van der Waals surface area contributed by atoms with E-state index in [2.05, 4.69) is 0 Å². The molecule has 0 atom stereocenters. The van der Waals surface area contributed by atoms with Gasteiger partial charge < -0.3 is 27.4 Å². The van der Waals surface area contributed by atoms with Crippen LogP contribution in [0.1, 0.15) is 0 Å². The Morgan fingerprint density at radius 1 is 0.429 bits per heavy atom. The van der Waals surface area contributed by atoms with E-state index >= 15 is 0 Å². The number of hydrogen-bond acceptors (Lipinski definition) is 5. The van der Waals surface area contributed by atoms with Crippen LogP contribution >= 0.6 is 0 Å². The van der Waals surface area contributed by atoms with Crippen molar-refractivity contribution < 1.29 is 61.2 Å². The molecule has 5 N–H and O–H groups in total. The monoisotopic (exact) mass is 199 g/mol. The molecule has 0 saturated heterocycles. The molecule has 0 aliphatic carbocycles. The van der Waals surface area contributed by atoms with Crippen molar-refractivity contribution >= 4 is 0 Å². The SMILES string of the molecule is [Co+3].[Mn+2].[OH-].[OH-].[OH-].[OH-].[OH-]. The fourth-order valence-electron chi connectivity index (χ4n) is 0. The molecule has 0 amide bonds. The van der Waals surface area contributed by atoms with Gasteiger partial charge in [-0.15, -0.1) is 0 Å². The molecule has 0 aliphatic rings. The molecule has 0 heterocycles. The zero-order valence-electron chi connectivity index (χ0n) is 2.95. The zero-order chi connectivity index (χ0) is 0. The Hall–Kier alpha value is 0.826. The minimum Gasteiger partial charge on any atom is -0.870 e.